The second kappa shape index (κ2) is 11.1. The summed E-state index contributed by atoms with van der Waals surface area (Å²) in [6.07, 6.45) is -1.07. The number of ether oxygens (including phenoxy) is 2. The van der Waals surface area contributed by atoms with E-state index in [9.17, 15) is 18.0 Å². The quantitative estimate of drug-likeness (QED) is 0.498. The van der Waals surface area contributed by atoms with Gasteiger partial charge in [0.15, 0.2) is 0 Å². The maximum absolute atomic E-state index is 12.8. The average Bonchev–Trinajstić information content (AvgIpc) is 2.84. The molecule has 0 radical (unpaired) electrons. The van der Waals surface area contributed by atoms with Gasteiger partial charge in [0.2, 0.25) is 0 Å². The third-order valence-corrected chi connectivity index (χ3v) is 5.34. The minimum Gasteiger partial charge on any atom is -0.456 e. The Morgan fingerprint density at radius 2 is 1.83 bits per heavy atom. The lowest BCUT2D eigenvalue weighted by Crippen LogP contribution is -2.43. The first-order valence-electron chi connectivity index (χ1n) is 11.2. The number of carbonyl (C=O) groups excluding carboxylic acids is 1. The Labute approximate surface area is 200 Å². The Hall–Kier alpha value is -3.79. The average molecular weight is 486 g/mol. The van der Waals surface area contributed by atoms with Crippen LogP contribution in [-0.2, 0) is 6.42 Å². The molecular formula is C25H25F3N4O3. The second-order valence-corrected chi connectivity index (χ2v) is 7.94. The Balaban J connectivity index is 1.41. The molecule has 1 fully saturated rings. The van der Waals surface area contributed by atoms with Crippen LogP contribution < -0.4 is 25.0 Å². The highest BCUT2D eigenvalue weighted by Gasteiger charge is 2.32. The molecule has 2 heterocycles. The Morgan fingerprint density at radius 1 is 1.03 bits per heavy atom. The topological polar surface area (TPSA) is 75.7 Å². The molecule has 7 nitrogen and oxygen atoms in total. The van der Waals surface area contributed by atoms with Crippen molar-refractivity contribution >= 4 is 11.6 Å². The maximum Gasteiger partial charge on any atom is 0.573 e. The molecule has 35 heavy (non-hydrogen) atoms. The standard InChI is InChI=1S/C25H25F3N4O3/c26-25(27,28)35-23-15-19(14-20(16-23)32-11-9-29-10-12-32)24(33)31-8-6-18-3-1-4-21(13-18)34-22-5-2-7-30-17-22/h1-5,7,13-17,29H,6,8-12H2,(H,31,33). The van der Waals surface area contributed by atoms with E-state index in [4.69, 9.17) is 4.74 Å². The van der Waals surface area contributed by atoms with Gasteiger partial charge in [0.05, 0.1) is 6.20 Å². The number of nitrogens with zero attached hydrogens (tertiary/aromatic N) is 2. The number of anilines is 1. The number of piperazine rings is 1. The van der Waals surface area contributed by atoms with Crippen LogP contribution >= 0.6 is 0 Å². The van der Waals surface area contributed by atoms with E-state index in [1.165, 1.54) is 6.07 Å². The van der Waals surface area contributed by atoms with E-state index in [2.05, 4.69) is 20.4 Å². The zero-order valence-corrected chi connectivity index (χ0v) is 18.8. The van der Waals surface area contributed by atoms with Crippen LogP contribution in [0.1, 0.15) is 15.9 Å². The molecule has 2 aromatic carbocycles. The van der Waals surface area contributed by atoms with Crippen molar-refractivity contribution in [2.45, 2.75) is 12.8 Å². The lowest BCUT2D eigenvalue weighted by atomic mass is 10.1. The fraction of sp³-hybridized carbons (Fsp3) is 0.280. The van der Waals surface area contributed by atoms with E-state index < -0.39 is 18.0 Å². The molecule has 0 atom stereocenters. The van der Waals surface area contributed by atoms with Crippen LogP contribution in [0, 0.1) is 0 Å². The van der Waals surface area contributed by atoms with Crippen LogP contribution in [0.5, 0.6) is 17.2 Å². The van der Waals surface area contributed by atoms with Gasteiger partial charge in [-0.25, -0.2) is 0 Å². The summed E-state index contributed by atoms with van der Waals surface area (Å²) in [5.41, 5.74) is 1.55. The predicted octanol–water partition coefficient (Wildman–Crippen LogP) is 4.15. The molecule has 0 spiro atoms. The molecule has 2 N–H and O–H groups in total. The monoisotopic (exact) mass is 486 g/mol. The van der Waals surface area contributed by atoms with E-state index in [0.29, 0.717) is 56.3 Å². The molecule has 1 amide bonds. The zero-order chi connectivity index (χ0) is 24.7. The van der Waals surface area contributed by atoms with E-state index in [1.54, 1.807) is 30.6 Å². The maximum atomic E-state index is 12.8. The first-order chi connectivity index (χ1) is 16.9. The fourth-order valence-corrected chi connectivity index (χ4v) is 3.74. The number of rotatable bonds is 8. The third kappa shape index (κ3) is 7.35. The third-order valence-electron chi connectivity index (χ3n) is 5.34. The summed E-state index contributed by atoms with van der Waals surface area (Å²) in [6.45, 7) is 2.94. The van der Waals surface area contributed by atoms with E-state index >= 15 is 0 Å². The van der Waals surface area contributed by atoms with Gasteiger partial charge < -0.3 is 25.0 Å². The number of hydrogen-bond donors (Lipinski definition) is 2. The summed E-state index contributed by atoms with van der Waals surface area (Å²) in [5.74, 6) is 0.356. The number of aromatic nitrogens is 1. The molecular weight excluding hydrogens is 461 g/mol. The molecule has 0 aliphatic carbocycles. The van der Waals surface area contributed by atoms with Gasteiger partial charge in [0, 0.05) is 56.2 Å². The molecule has 184 valence electrons. The number of hydrogen-bond acceptors (Lipinski definition) is 6. The molecule has 0 saturated carbocycles. The second-order valence-electron chi connectivity index (χ2n) is 7.94. The van der Waals surface area contributed by atoms with Crippen molar-refractivity contribution in [1.29, 1.82) is 0 Å². The zero-order valence-electron chi connectivity index (χ0n) is 18.8. The van der Waals surface area contributed by atoms with Crippen molar-refractivity contribution in [2.75, 3.05) is 37.6 Å². The normalized spacial score (nSPS) is 13.9. The number of pyridine rings is 1. The van der Waals surface area contributed by atoms with Gasteiger partial charge in [-0.15, -0.1) is 13.2 Å². The van der Waals surface area contributed by atoms with Gasteiger partial charge in [-0.2, -0.15) is 0 Å². The first kappa shape index (κ1) is 24.3. The van der Waals surface area contributed by atoms with Gasteiger partial charge in [-0.05, 0) is 48.4 Å². The molecule has 3 aromatic rings. The number of halogens is 3. The van der Waals surface area contributed by atoms with Gasteiger partial charge in [-0.3, -0.25) is 9.78 Å². The van der Waals surface area contributed by atoms with Crippen LogP contribution in [0.2, 0.25) is 0 Å². The highest BCUT2D eigenvalue weighted by Crippen LogP contribution is 2.29. The number of alkyl halides is 3. The minimum absolute atomic E-state index is 0.106. The Kier molecular flexibility index (Phi) is 7.71. The molecule has 4 rings (SSSR count). The number of carbonyl (C=O) groups is 1. The first-order valence-corrected chi connectivity index (χ1v) is 11.2. The van der Waals surface area contributed by atoms with Crippen LogP contribution in [0.3, 0.4) is 0 Å². The van der Waals surface area contributed by atoms with Gasteiger partial charge in [0.1, 0.15) is 17.2 Å². The van der Waals surface area contributed by atoms with Crippen molar-refractivity contribution in [2.24, 2.45) is 0 Å². The molecule has 1 aliphatic rings. The predicted molar refractivity (Wildman–Crippen MR) is 125 cm³/mol. The fourth-order valence-electron chi connectivity index (χ4n) is 3.74. The smallest absolute Gasteiger partial charge is 0.456 e. The van der Waals surface area contributed by atoms with Crippen LogP contribution in [0.4, 0.5) is 18.9 Å². The van der Waals surface area contributed by atoms with Gasteiger partial charge in [-0.1, -0.05) is 12.1 Å². The van der Waals surface area contributed by atoms with Crippen molar-refractivity contribution in [3.8, 4) is 17.2 Å². The van der Waals surface area contributed by atoms with Crippen molar-refractivity contribution in [3.63, 3.8) is 0 Å². The number of nitrogens with one attached hydrogen (secondary N) is 2. The molecule has 0 bridgehead atoms. The van der Waals surface area contributed by atoms with E-state index in [-0.39, 0.29) is 5.56 Å². The molecule has 1 saturated heterocycles. The summed E-state index contributed by atoms with van der Waals surface area (Å²) in [4.78, 5) is 18.7. The summed E-state index contributed by atoms with van der Waals surface area (Å²) in [5, 5.41) is 5.97. The van der Waals surface area contributed by atoms with E-state index in [0.717, 1.165) is 11.6 Å². The SMILES string of the molecule is O=C(NCCc1cccc(Oc2cccnc2)c1)c1cc(OC(F)(F)F)cc(N2CCNCC2)c1. The number of amides is 1. The number of benzene rings is 2. The van der Waals surface area contributed by atoms with Crippen molar-refractivity contribution < 1.29 is 27.4 Å². The largest absolute Gasteiger partial charge is 0.573 e. The molecule has 1 aromatic heterocycles. The summed E-state index contributed by atoms with van der Waals surface area (Å²) >= 11 is 0. The minimum atomic E-state index is -4.85. The van der Waals surface area contributed by atoms with Crippen molar-refractivity contribution in [1.82, 2.24) is 15.6 Å². The lowest BCUT2D eigenvalue weighted by Gasteiger charge is -2.30. The highest BCUT2D eigenvalue weighted by molar-refractivity contribution is 5.95. The summed E-state index contributed by atoms with van der Waals surface area (Å²) < 4.78 is 48.4. The van der Waals surface area contributed by atoms with Crippen LogP contribution in [0.15, 0.2) is 67.0 Å². The van der Waals surface area contributed by atoms with Gasteiger partial charge in [0.25, 0.3) is 5.91 Å². The van der Waals surface area contributed by atoms with Crippen LogP contribution in [-0.4, -0.2) is 50.0 Å². The van der Waals surface area contributed by atoms with Crippen LogP contribution in [0.25, 0.3) is 0 Å². The summed E-state index contributed by atoms with van der Waals surface area (Å²) in [7, 11) is 0. The van der Waals surface area contributed by atoms with E-state index in [1.807, 2.05) is 29.2 Å². The van der Waals surface area contributed by atoms with Gasteiger partial charge >= 0.3 is 6.36 Å². The Morgan fingerprint density at radius 3 is 2.57 bits per heavy atom. The Bertz CT molecular complexity index is 1140. The molecule has 1 aliphatic heterocycles. The summed E-state index contributed by atoms with van der Waals surface area (Å²) in [6, 6.07) is 15.0. The highest BCUT2D eigenvalue weighted by atomic mass is 19.4. The molecule has 0 unspecified atom stereocenters. The molecule has 10 heteroatoms. The van der Waals surface area contributed by atoms with Crippen molar-refractivity contribution in [3.05, 3.63) is 78.1 Å². The lowest BCUT2D eigenvalue weighted by molar-refractivity contribution is -0.274.